The average molecular weight is 376 g/mol. The van der Waals surface area contributed by atoms with E-state index >= 15 is 0 Å². The molecule has 0 spiro atoms. The zero-order chi connectivity index (χ0) is 19.4. The van der Waals surface area contributed by atoms with E-state index in [0.29, 0.717) is 17.0 Å². The van der Waals surface area contributed by atoms with Gasteiger partial charge in [-0.15, -0.1) is 13.2 Å². The largest absolute Gasteiger partial charge is 0.573 e. The summed E-state index contributed by atoms with van der Waals surface area (Å²) in [5.41, 5.74) is 1.82. The van der Waals surface area contributed by atoms with Gasteiger partial charge in [0.1, 0.15) is 11.6 Å². The highest BCUT2D eigenvalue weighted by Crippen LogP contribution is 2.24. The molecule has 6 nitrogen and oxygen atoms in total. The van der Waals surface area contributed by atoms with Crippen molar-refractivity contribution in [2.24, 2.45) is 0 Å². The molecule has 0 saturated heterocycles. The molecule has 0 radical (unpaired) electrons. The SMILES string of the molecule is CN(CC(=O)Nc1ccc(OC(F)(F)F)cc1)c1cnc2ccccc2n1. The number of carbonyl (C=O) groups is 1. The Morgan fingerprint density at radius 1 is 1.11 bits per heavy atom. The van der Waals surface area contributed by atoms with Gasteiger partial charge in [-0.05, 0) is 36.4 Å². The van der Waals surface area contributed by atoms with E-state index in [1.807, 2.05) is 24.3 Å². The van der Waals surface area contributed by atoms with Crippen molar-refractivity contribution in [3.8, 4) is 5.75 Å². The maximum Gasteiger partial charge on any atom is 0.573 e. The van der Waals surface area contributed by atoms with Gasteiger partial charge in [0.2, 0.25) is 5.91 Å². The molecule has 1 N–H and O–H groups in total. The average Bonchev–Trinajstić information content (AvgIpc) is 2.61. The number of aromatic nitrogens is 2. The van der Waals surface area contributed by atoms with Crippen LogP contribution in [0.3, 0.4) is 0 Å². The summed E-state index contributed by atoms with van der Waals surface area (Å²) >= 11 is 0. The lowest BCUT2D eigenvalue weighted by molar-refractivity contribution is -0.274. The van der Waals surface area contributed by atoms with Crippen molar-refractivity contribution in [2.75, 3.05) is 23.8 Å². The Labute approximate surface area is 152 Å². The van der Waals surface area contributed by atoms with E-state index in [-0.39, 0.29) is 18.2 Å². The minimum atomic E-state index is -4.76. The number of fused-ring (bicyclic) bond motifs is 1. The number of ether oxygens (including phenoxy) is 1. The Morgan fingerprint density at radius 2 is 1.78 bits per heavy atom. The summed E-state index contributed by atoms with van der Waals surface area (Å²) in [5.74, 6) is -0.182. The van der Waals surface area contributed by atoms with Crippen LogP contribution in [0.1, 0.15) is 0 Å². The standard InChI is InChI=1S/C18H15F3N4O2/c1-25(16-10-22-14-4-2-3-5-15(14)24-16)11-17(26)23-12-6-8-13(9-7-12)27-18(19,20)21/h2-10H,11H2,1H3,(H,23,26). The van der Waals surface area contributed by atoms with Crippen LogP contribution in [0.15, 0.2) is 54.7 Å². The number of halogens is 3. The Hall–Kier alpha value is -3.36. The second-order valence-electron chi connectivity index (χ2n) is 5.69. The summed E-state index contributed by atoms with van der Waals surface area (Å²) in [6.07, 6.45) is -3.19. The maximum absolute atomic E-state index is 12.2. The molecule has 1 amide bonds. The van der Waals surface area contributed by atoms with Crippen molar-refractivity contribution < 1.29 is 22.7 Å². The van der Waals surface area contributed by atoms with Gasteiger partial charge in [0.15, 0.2) is 0 Å². The molecule has 0 saturated carbocycles. The van der Waals surface area contributed by atoms with Gasteiger partial charge in [0.05, 0.1) is 23.8 Å². The summed E-state index contributed by atoms with van der Waals surface area (Å²) < 4.78 is 40.2. The van der Waals surface area contributed by atoms with Gasteiger partial charge in [0, 0.05) is 12.7 Å². The molecule has 3 rings (SSSR count). The Balaban J connectivity index is 1.61. The fourth-order valence-corrected chi connectivity index (χ4v) is 2.37. The van der Waals surface area contributed by atoms with Crippen LogP contribution in [-0.4, -0.2) is 35.8 Å². The Morgan fingerprint density at radius 3 is 2.44 bits per heavy atom. The number of nitrogens with zero attached hydrogens (tertiary/aromatic N) is 3. The quantitative estimate of drug-likeness (QED) is 0.737. The van der Waals surface area contributed by atoms with Crippen molar-refractivity contribution in [3.05, 3.63) is 54.7 Å². The van der Waals surface area contributed by atoms with E-state index < -0.39 is 6.36 Å². The molecule has 1 heterocycles. The Bertz CT molecular complexity index is 945. The highest BCUT2D eigenvalue weighted by molar-refractivity contribution is 5.94. The van der Waals surface area contributed by atoms with Gasteiger partial charge in [-0.1, -0.05) is 12.1 Å². The van der Waals surface area contributed by atoms with E-state index in [2.05, 4.69) is 20.0 Å². The minimum absolute atomic E-state index is 0.00613. The zero-order valence-corrected chi connectivity index (χ0v) is 14.2. The molecule has 0 aliphatic heterocycles. The molecule has 27 heavy (non-hydrogen) atoms. The van der Waals surface area contributed by atoms with Crippen LogP contribution in [0, 0.1) is 0 Å². The number of alkyl halides is 3. The van der Waals surface area contributed by atoms with Crippen LogP contribution >= 0.6 is 0 Å². The second-order valence-corrected chi connectivity index (χ2v) is 5.69. The molecule has 1 aromatic heterocycles. The summed E-state index contributed by atoms with van der Waals surface area (Å²) in [7, 11) is 1.69. The molecule has 0 aliphatic carbocycles. The lowest BCUT2D eigenvalue weighted by Gasteiger charge is -2.17. The van der Waals surface area contributed by atoms with Gasteiger partial charge < -0.3 is 15.0 Å². The first-order chi connectivity index (χ1) is 12.8. The molecule has 9 heteroatoms. The molecule has 0 aliphatic rings. The number of hydrogen-bond acceptors (Lipinski definition) is 5. The van der Waals surface area contributed by atoms with Crippen LogP contribution in [0.5, 0.6) is 5.75 Å². The number of rotatable bonds is 5. The van der Waals surface area contributed by atoms with E-state index in [1.165, 1.54) is 12.1 Å². The van der Waals surface area contributed by atoms with E-state index in [0.717, 1.165) is 17.6 Å². The van der Waals surface area contributed by atoms with Crippen molar-refractivity contribution in [1.82, 2.24) is 9.97 Å². The first kappa shape index (κ1) is 18.4. The molecule has 140 valence electrons. The van der Waals surface area contributed by atoms with Crippen LogP contribution in [-0.2, 0) is 4.79 Å². The third-order valence-electron chi connectivity index (χ3n) is 3.58. The Kier molecular flexibility index (Phi) is 5.11. The van der Waals surface area contributed by atoms with Crippen molar-refractivity contribution in [2.45, 2.75) is 6.36 Å². The number of amides is 1. The number of nitrogens with one attached hydrogen (secondary N) is 1. The first-order valence-electron chi connectivity index (χ1n) is 7.89. The highest BCUT2D eigenvalue weighted by Gasteiger charge is 2.30. The van der Waals surface area contributed by atoms with Crippen LogP contribution in [0.2, 0.25) is 0 Å². The normalized spacial score (nSPS) is 11.3. The van der Waals surface area contributed by atoms with Gasteiger partial charge in [-0.25, -0.2) is 4.98 Å². The number of anilines is 2. The molecule has 0 atom stereocenters. The van der Waals surface area contributed by atoms with Gasteiger partial charge >= 0.3 is 6.36 Å². The first-order valence-corrected chi connectivity index (χ1v) is 7.89. The topological polar surface area (TPSA) is 67.4 Å². The zero-order valence-electron chi connectivity index (χ0n) is 14.2. The van der Waals surface area contributed by atoms with Crippen LogP contribution < -0.4 is 15.0 Å². The highest BCUT2D eigenvalue weighted by atomic mass is 19.4. The predicted octanol–water partition coefficient (Wildman–Crippen LogP) is 3.60. The van der Waals surface area contributed by atoms with Gasteiger partial charge in [0.25, 0.3) is 0 Å². The molecule has 3 aromatic rings. The van der Waals surface area contributed by atoms with Crippen molar-refractivity contribution >= 4 is 28.4 Å². The smallest absolute Gasteiger partial charge is 0.406 e. The molecule has 0 unspecified atom stereocenters. The van der Waals surface area contributed by atoms with Crippen LogP contribution in [0.4, 0.5) is 24.7 Å². The van der Waals surface area contributed by atoms with Crippen LogP contribution in [0.25, 0.3) is 11.0 Å². The lowest BCUT2D eigenvalue weighted by Crippen LogP contribution is -2.30. The monoisotopic (exact) mass is 376 g/mol. The van der Waals surface area contributed by atoms with Gasteiger partial charge in [-0.2, -0.15) is 0 Å². The molecule has 0 bridgehead atoms. The van der Waals surface area contributed by atoms with Crippen molar-refractivity contribution in [3.63, 3.8) is 0 Å². The number of para-hydroxylation sites is 2. The van der Waals surface area contributed by atoms with Gasteiger partial charge in [-0.3, -0.25) is 9.78 Å². The summed E-state index contributed by atoms with van der Waals surface area (Å²) in [6.45, 7) is -0.00613. The fraction of sp³-hybridized carbons (Fsp3) is 0.167. The molecule has 0 fully saturated rings. The third-order valence-corrected chi connectivity index (χ3v) is 3.58. The number of carbonyl (C=O) groups excluding carboxylic acids is 1. The fourth-order valence-electron chi connectivity index (χ4n) is 2.37. The molecule has 2 aromatic carbocycles. The minimum Gasteiger partial charge on any atom is -0.406 e. The number of hydrogen-bond donors (Lipinski definition) is 1. The summed E-state index contributed by atoms with van der Waals surface area (Å²) in [4.78, 5) is 22.5. The lowest BCUT2D eigenvalue weighted by atomic mass is 10.3. The molecular formula is C18H15F3N4O2. The number of benzene rings is 2. The van der Waals surface area contributed by atoms with E-state index in [9.17, 15) is 18.0 Å². The summed E-state index contributed by atoms with van der Waals surface area (Å²) in [5, 5.41) is 2.60. The third kappa shape index (κ3) is 5.06. The summed E-state index contributed by atoms with van der Waals surface area (Å²) in [6, 6.07) is 12.3. The second kappa shape index (κ2) is 7.48. The molecular weight excluding hydrogens is 361 g/mol. The van der Waals surface area contributed by atoms with E-state index in [1.54, 1.807) is 18.1 Å². The van der Waals surface area contributed by atoms with Crippen molar-refractivity contribution in [1.29, 1.82) is 0 Å². The predicted molar refractivity (Wildman–Crippen MR) is 94.6 cm³/mol. The van der Waals surface area contributed by atoms with E-state index in [4.69, 9.17) is 0 Å². The number of likely N-dealkylation sites (N-methyl/N-ethyl adjacent to an activating group) is 1. The maximum atomic E-state index is 12.2.